The first-order chi connectivity index (χ1) is 20.6. The highest BCUT2D eigenvalue weighted by Gasteiger charge is 2.57. The van der Waals surface area contributed by atoms with E-state index in [4.69, 9.17) is 32.7 Å². The highest BCUT2D eigenvalue weighted by molar-refractivity contribution is 6.30. The SMILES string of the molecule is CC[C@](O)(c1cc(F)c2c(c1)C(=O)N([C@@H](CCC(=O)O)c1ccc(Cl)cc1)[C@@]2(OC)c1ccc(Cl)cc1)C1CCOCC1. The zero-order valence-corrected chi connectivity index (χ0v) is 25.5. The van der Waals surface area contributed by atoms with Crippen LogP contribution in [0.15, 0.2) is 60.7 Å². The molecule has 3 aromatic rings. The maximum atomic E-state index is 16.7. The number of halogens is 3. The molecule has 5 rings (SSSR count). The summed E-state index contributed by atoms with van der Waals surface area (Å²) in [5, 5.41) is 22.5. The number of carboxylic acid groups (broad SMARTS) is 1. The number of carbonyl (C=O) groups is 2. The molecule has 0 bridgehead atoms. The Balaban J connectivity index is 1.75. The number of methoxy groups -OCH3 is 1. The Bertz CT molecular complexity index is 1490. The van der Waals surface area contributed by atoms with Gasteiger partial charge < -0.3 is 19.7 Å². The van der Waals surface area contributed by atoms with Gasteiger partial charge in [-0.05, 0) is 79.1 Å². The summed E-state index contributed by atoms with van der Waals surface area (Å²) >= 11 is 12.4. The van der Waals surface area contributed by atoms with E-state index >= 15 is 4.39 Å². The highest BCUT2D eigenvalue weighted by Crippen LogP contribution is 2.52. The molecule has 0 unspecified atom stereocenters. The standard InChI is InChI=1S/C33H34Cl2FNO6/c1-3-32(41,21-14-16-43-17-15-21)23-18-26-30(27(36)19-23)33(42-2,22-6-10-25(35)11-7-22)37(31(26)40)28(12-13-29(38)39)20-4-8-24(34)9-5-20/h4-11,18-19,21,28,41H,3,12-17H2,1-2H3,(H,38,39)/t28-,32+,33+/m0/s1. The Morgan fingerprint density at radius 2 is 1.72 bits per heavy atom. The fourth-order valence-electron chi connectivity index (χ4n) is 6.70. The number of carbonyl (C=O) groups excluding carboxylic acids is 1. The molecule has 2 aliphatic rings. The number of carboxylic acids is 1. The fourth-order valence-corrected chi connectivity index (χ4v) is 6.95. The summed E-state index contributed by atoms with van der Waals surface area (Å²) in [4.78, 5) is 27.8. The fraction of sp³-hybridized carbons (Fsp3) is 0.394. The van der Waals surface area contributed by atoms with Gasteiger partial charge >= 0.3 is 5.97 Å². The van der Waals surface area contributed by atoms with Crippen LogP contribution in [0.5, 0.6) is 0 Å². The molecular formula is C33H34Cl2FNO6. The van der Waals surface area contributed by atoms with Crippen molar-refractivity contribution in [3.05, 3.63) is 104 Å². The van der Waals surface area contributed by atoms with Crippen molar-refractivity contribution in [1.29, 1.82) is 0 Å². The van der Waals surface area contributed by atoms with Gasteiger partial charge in [0.1, 0.15) is 5.82 Å². The van der Waals surface area contributed by atoms with Crippen molar-refractivity contribution in [2.75, 3.05) is 20.3 Å². The Hall–Kier alpha value is -3.01. The Labute approximate surface area is 260 Å². The number of nitrogens with zero attached hydrogens (tertiary/aromatic N) is 1. The van der Waals surface area contributed by atoms with Crippen LogP contribution in [-0.2, 0) is 25.6 Å². The van der Waals surface area contributed by atoms with Gasteiger partial charge in [0.15, 0.2) is 5.72 Å². The minimum atomic E-state index is -1.77. The largest absolute Gasteiger partial charge is 0.481 e. The molecule has 228 valence electrons. The summed E-state index contributed by atoms with van der Waals surface area (Å²) < 4.78 is 28.4. The minimum Gasteiger partial charge on any atom is -0.481 e. The molecule has 0 aromatic heterocycles. The second kappa shape index (κ2) is 12.5. The lowest BCUT2D eigenvalue weighted by Crippen LogP contribution is -2.48. The molecule has 0 aliphatic carbocycles. The van der Waals surface area contributed by atoms with Gasteiger partial charge in [-0.15, -0.1) is 0 Å². The maximum absolute atomic E-state index is 16.7. The zero-order valence-electron chi connectivity index (χ0n) is 24.0. The smallest absolute Gasteiger partial charge is 0.303 e. The lowest BCUT2D eigenvalue weighted by molar-refractivity contribution is -0.138. The molecule has 3 atom stereocenters. The maximum Gasteiger partial charge on any atom is 0.303 e. The molecule has 10 heteroatoms. The number of aliphatic hydroxyl groups is 1. The van der Waals surface area contributed by atoms with E-state index in [1.54, 1.807) is 54.6 Å². The van der Waals surface area contributed by atoms with Gasteiger partial charge in [-0.1, -0.05) is 54.4 Å². The summed E-state index contributed by atoms with van der Waals surface area (Å²) in [7, 11) is 1.39. The first-order valence-corrected chi connectivity index (χ1v) is 15.1. The molecule has 3 aromatic carbocycles. The Kier molecular flexibility index (Phi) is 9.16. The van der Waals surface area contributed by atoms with Crippen molar-refractivity contribution in [1.82, 2.24) is 4.90 Å². The predicted octanol–water partition coefficient (Wildman–Crippen LogP) is 7.07. The van der Waals surface area contributed by atoms with Gasteiger partial charge in [-0.2, -0.15) is 0 Å². The van der Waals surface area contributed by atoms with Gasteiger partial charge in [0.2, 0.25) is 0 Å². The molecule has 1 amide bonds. The normalized spacial score (nSPS) is 21.0. The average Bonchev–Trinajstić information content (AvgIpc) is 3.27. The van der Waals surface area contributed by atoms with E-state index in [9.17, 15) is 19.8 Å². The van der Waals surface area contributed by atoms with Crippen LogP contribution in [0.2, 0.25) is 10.0 Å². The topological polar surface area (TPSA) is 96.3 Å². The van der Waals surface area contributed by atoms with Crippen molar-refractivity contribution in [2.45, 2.75) is 56.4 Å². The second-order valence-electron chi connectivity index (χ2n) is 11.1. The van der Waals surface area contributed by atoms with Crippen molar-refractivity contribution >= 4 is 35.1 Å². The number of hydrogen-bond donors (Lipinski definition) is 2. The molecule has 43 heavy (non-hydrogen) atoms. The van der Waals surface area contributed by atoms with E-state index in [1.807, 2.05) is 6.92 Å². The minimum absolute atomic E-state index is 0.00853. The number of fused-ring (bicyclic) bond motifs is 1. The van der Waals surface area contributed by atoms with E-state index in [1.165, 1.54) is 18.1 Å². The van der Waals surface area contributed by atoms with E-state index < -0.39 is 35.1 Å². The third-order valence-corrected chi connectivity index (χ3v) is 9.39. The van der Waals surface area contributed by atoms with Crippen LogP contribution in [0.3, 0.4) is 0 Å². The van der Waals surface area contributed by atoms with E-state index in [0.717, 1.165) is 0 Å². The molecule has 1 fully saturated rings. The molecule has 2 heterocycles. The lowest BCUT2D eigenvalue weighted by Gasteiger charge is -2.43. The van der Waals surface area contributed by atoms with Crippen LogP contribution < -0.4 is 0 Å². The second-order valence-corrected chi connectivity index (χ2v) is 11.9. The van der Waals surface area contributed by atoms with Gasteiger partial charge in [0.25, 0.3) is 5.91 Å². The summed E-state index contributed by atoms with van der Waals surface area (Å²) in [6.07, 6.45) is 1.27. The van der Waals surface area contributed by atoms with Crippen LogP contribution in [0.4, 0.5) is 4.39 Å². The van der Waals surface area contributed by atoms with Crippen molar-refractivity contribution in [3.8, 4) is 0 Å². The molecule has 2 aliphatic heterocycles. The molecule has 2 N–H and O–H groups in total. The average molecular weight is 631 g/mol. The molecule has 7 nitrogen and oxygen atoms in total. The van der Waals surface area contributed by atoms with E-state index in [0.29, 0.717) is 59.2 Å². The van der Waals surface area contributed by atoms with Crippen molar-refractivity contribution in [3.63, 3.8) is 0 Å². The third-order valence-electron chi connectivity index (χ3n) is 8.88. The first-order valence-electron chi connectivity index (χ1n) is 14.3. The van der Waals surface area contributed by atoms with Gasteiger partial charge in [-0.3, -0.25) is 14.5 Å². The number of aliphatic carboxylic acids is 1. The van der Waals surface area contributed by atoms with Crippen molar-refractivity contribution < 1.29 is 33.7 Å². The van der Waals surface area contributed by atoms with Crippen LogP contribution in [-0.4, -0.2) is 47.3 Å². The lowest BCUT2D eigenvalue weighted by atomic mass is 9.74. The Morgan fingerprint density at radius 3 is 2.28 bits per heavy atom. The van der Waals surface area contributed by atoms with Crippen LogP contribution in [0, 0.1) is 11.7 Å². The highest BCUT2D eigenvalue weighted by atomic mass is 35.5. The summed E-state index contributed by atoms with van der Waals surface area (Å²) in [6, 6.07) is 15.3. The number of benzene rings is 3. The first kappa shape index (κ1) is 31.4. The number of rotatable bonds is 10. The summed E-state index contributed by atoms with van der Waals surface area (Å²) in [5.74, 6) is -2.50. The molecule has 0 spiro atoms. The van der Waals surface area contributed by atoms with Crippen LogP contribution in [0.25, 0.3) is 0 Å². The van der Waals surface area contributed by atoms with E-state index in [-0.39, 0.29) is 29.9 Å². The number of ether oxygens (including phenoxy) is 2. The van der Waals surface area contributed by atoms with Gasteiger partial charge in [0, 0.05) is 42.4 Å². The molecule has 1 saturated heterocycles. The van der Waals surface area contributed by atoms with Gasteiger partial charge in [0.05, 0.1) is 22.8 Å². The summed E-state index contributed by atoms with van der Waals surface area (Å²) in [6.45, 7) is 2.82. The van der Waals surface area contributed by atoms with Crippen LogP contribution in [0.1, 0.15) is 77.7 Å². The van der Waals surface area contributed by atoms with Crippen molar-refractivity contribution in [2.24, 2.45) is 5.92 Å². The number of amides is 1. The quantitative estimate of drug-likeness (QED) is 0.249. The van der Waals surface area contributed by atoms with Crippen LogP contribution >= 0.6 is 23.2 Å². The molecule has 0 radical (unpaired) electrons. The monoisotopic (exact) mass is 629 g/mol. The predicted molar refractivity (Wildman–Crippen MR) is 161 cm³/mol. The Morgan fingerprint density at radius 1 is 1.12 bits per heavy atom. The molecular weight excluding hydrogens is 596 g/mol. The van der Waals surface area contributed by atoms with Gasteiger partial charge in [-0.25, -0.2) is 4.39 Å². The number of hydrogen-bond acceptors (Lipinski definition) is 5. The third kappa shape index (κ3) is 5.56. The summed E-state index contributed by atoms with van der Waals surface area (Å²) in [5.41, 5.74) is -1.78. The van der Waals surface area contributed by atoms with E-state index in [2.05, 4.69) is 0 Å². The zero-order chi connectivity index (χ0) is 30.9. The molecule has 0 saturated carbocycles.